The van der Waals surface area contributed by atoms with Crippen molar-refractivity contribution < 1.29 is 33.7 Å². The maximum atomic E-state index is 12.6. The van der Waals surface area contributed by atoms with E-state index < -0.39 is 30.0 Å². The Labute approximate surface area is 162 Å². The fourth-order valence-corrected chi connectivity index (χ4v) is 2.48. The van der Waals surface area contributed by atoms with Gasteiger partial charge in [0, 0.05) is 12.5 Å². The van der Waals surface area contributed by atoms with Gasteiger partial charge >= 0.3 is 11.9 Å². The van der Waals surface area contributed by atoms with Crippen LogP contribution in [-0.2, 0) is 14.3 Å². The van der Waals surface area contributed by atoms with E-state index in [0.717, 1.165) is 7.11 Å². The van der Waals surface area contributed by atoms with Gasteiger partial charge in [-0.1, -0.05) is 18.2 Å². The fourth-order valence-electron chi connectivity index (χ4n) is 2.48. The lowest BCUT2D eigenvalue weighted by atomic mass is 10.0. The second-order valence-corrected chi connectivity index (χ2v) is 5.81. The predicted octanol–water partition coefficient (Wildman–Crippen LogP) is 1.63. The minimum Gasteiger partial charge on any atom is -0.497 e. The summed E-state index contributed by atoms with van der Waals surface area (Å²) in [6.07, 6.45) is -1.35. The minimum absolute atomic E-state index is 0.148. The van der Waals surface area contributed by atoms with Crippen molar-refractivity contribution in [1.29, 1.82) is 0 Å². The van der Waals surface area contributed by atoms with Crippen LogP contribution in [0.15, 0.2) is 48.5 Å². The average molecular weight is 387 g/mol. The van der Waals surface area contributed by atoms with Crippen LogP contribution in [0.3, 0.4) is 0 Å². The first-order chi connectivity index (χ1) is 13.3. The van der Waals surface area contributed by atoms with E-state index in [4.69, 9.17) is 14.2 Å². The molecular formula is C20H21NO7. The van der Waals surface area contributed by atoms with Crippen molar-refractivity contribution in [2.24, 2.45) is 0 Å². The van der Waals surface area contributed by atoms with Crippen LogP contribution in [0.25, 0.3) is 0 Å². The normalized spacial score (nSPS) is 12.4. The van der Waals surface area contributed by atoms with Gasteiger partial charge in [-0.25, -0.2) is 4.79 Å². The maximum absolute atomic E-state index is 12.6. The van der Waals surface area contributed by atoms with Crippen LogP contribution >= 0.6 is 0 Å². The van der Waals surface area contributed by atoms with Crippen LogP contribution < -0.4 is 14.8 Å². The topological polar surface area (TPSA) is 111 Å². The van der Waals surface area contributed by atoms with Crippen molar-refractivity contribution in [3.63, 3.8) is 0 Å². The van der Waals surface area contributed by atoms with E-state index in [9.17, 15) is 19.5 Å². The van der Waals surface area contributed by atoms with Crippen LogP contribution in [0.4, 0.5) is 0 Å². The van der Waals surface area contributed by atoms with Gasteiger partial charge in [-0.05, 0) is 35.9 Å². The molecular weight excluding hydrogens is 366 g/mol. The molecule has 0 bridgehead atoms. The number of carbonyl (C=O) groups is 3. The van der Waals surface area contributed by atoms with E-state index in [2.05, 4.69) is 5.32 Å². The number of carbonyl (C=O) groups excluding carboxylic acids is 3. The Hall–Kier alpha value is -3.39. The number of methoxy groups -OCH3 is 2. The Balaban J connectivity index is 2.22. The van der Waals surface area contributed by atoms with Gasteiger partial charge in [-0.15, -0.1) is 0 Å². The highest BCUT2D eigenvalue weighted by atomic mass is 16.5. The zero-order valence-electron chi connectivity index (χ0n) is 15.7. The molecule has 0 fully saturated rings. The second kappa shape index (κ2) is 9.52. The highest BCUT2D eigenvalue weighted by Crippen LogP contribution is 2.22. The standard InChI is InChI=1S/C20H21NO7/c1-12(22)28-16-6-4-5-14(11-16)19(24)21-17(20(25)27-3)18(23)13-7-9-15(26-2)10-8-13/h4-11,17-18,23H,1-3H3,(H,21,24). The molecule has 2 atom stereocenters. The second-order valence-electron chi connectivity index (χ2n) is 5.81. The van der Waals surface area contributed by atoms with E-state index in [1.807, 2.05) is 0 Å². The van der Waals surface area contributed by atoms with Crippen LogP contribution in [-0.4, -0.2) is 43.2 Å². The van der Waals surface area contributed by atoms with E-state index in [1.54, 1.807) is 24.3 Å². The molecule has 2 rings (SSSR count). The molecule has 0 spiro atoms. The molecule has 0 aliphatic carbocycles. The van der Waals surface area contributed by atoms with Gasteiger partial charge in [-0.2, -0.15) is 0 Å². The summed E-state index contributed by atoms with van der Waals surface area (Å²) in [5.41, 5.74) is 0.541. The largest absolute Gasteiger partial charge is 0.497 e. The van der Waals surface area contributed by atoms with Crippen molar-refractivity contribution in [2.75, 3.05) is 14.2 Å². The monoisotopic (exact) mass is 387 g/mol. The van der Waals surface area contributed by atoms with Gasteiger partial charge in [0.05, 0.1) is 14.2 Å². The summed E-state index contributed by atoms with van der Waals surface area (Å²) in [5, 5.41) is 13.0. The van der Waals surface area contributed by atoms with Crippen molar-refractivity contribution in [1.82, 2.24) is 5.32 Å². The number of aliphatic hydroxyl groups excluding tert-OH is 1. The molecule has 8 nitrogen and oxygen atoms in total. The number of rotatable bonds is 7. The highest BCUT2D eigenvalue weighted by Gasteiger charge is 2.31. The summed E-state index contributed by atoms with van der Waals surface area (Å²) >= 11 is 0. The Morgan fingerprint density at radius 2 is 1.68 bits per heavy atom. The van der Waals surface area contributed by atoms with Crippen LogP contribution in [0.2, 0.25) is 0 Å². The zero-order chi connectivity index (χ0) is 20.7. The molecule has 28 heavy (non-hydrogen) atoms. The summed E-state index contributed by atoms with van der Waals surface area (Å²) in [6.45, 7) is 1.24. The number of aliphatic hydroxyl groups is 1. The Bertz CT molecular complexity index is 848. The molecule has 1 amide bonds. The lowest BCUT2D eigenvalue weighted by Crippen LogP contribution is -2.45. The van der Waals surface area contributed by atoms with Crippen molar-refractivity contribution in [2.45, 2.75) is 19.1 Å². The lowest BCUT2D eigenvalue weighted by molar-refractivity contribution is -0.146. The number of amides is 1. The molecule has 0 radical (unpaired) electrons. The predicted molar refractivity (Wildman–Crippen MR) is 99.0 cm³/mol. The Kier molecular flexibility index (Phi) is 7.11. The summed E-state index contributed by atoms with van der Waals surface area (Å²) in [4.78, 5) is 35.8. The first-order valence-corrected chi connectivity index (χ1v) is 8.35. The highest BCUT2D eigenvalue weighted by molar-refractivity contribution is 5.97. The van der Waals surface area contributed by atoms with Gasteiger partial charge in [0.2, 0.25) is 0 Å². The molecule has 8 heteroatoms. The summed E-state index contributed by atoms with van der Waals surface area (Å²) in [5.74, 6) is -1.22. The lowest BCUT2D eigenvalue weighted by Gasteiger charge is -2.22. The molecule has 2 unspecified atom stereocenters. The minimum atomic E-state index is -1.35. The average Bonchev–Trinajstić information content (AvgIpc) is 2.70. The summed E-state index contributed by atoms with van der Waals surface area (Å²) in [6, 6.07) is 10.9. The smallest absolute Gasteiger partial charge is 0.331 e. The molecule has 0 aliphatic rings. The van der Waals surface area contributed by atoms with E-state index in [-0.39, 0.29) is 11.3 Å². The van der Waals surface area contributed by atoms with Crippen molar-refractivity contribution in [3.05, 3.63) is 59.7 Å². The fraction of sp³-hybridized carbons (Fsp3) is 0.250. The summed E-state index contributed by atoms with van der Waals surface area (Å²) < 4.78 is 14.7. The van der Waals surface area contributed by atoms with Crippen molar-refractivity contribution in [3.8, 4) is 11.5 Å². The molecule has 0 heterocycles. The Morgan fingerprint density at radius 1 is 1.00 bits per heavy atom. The third-order valence-corrected chi connectivity index (χ3v) is 3.87. The van der Waals surface area contributed by atoms with Crippen molar-refractivity contribution >= 4 is 17.8 Å². The number of hydrogen-bond acceptors (Lipinski definition) is 7. The molecule has 0 saturated carbocycles. The molecule has 2 N–H and O–H groups in total. The summed E-state index contributed by atoms with van der Waals surface area (Å²) in [7, 11) is 2.66. The number of benzene rings is 2. The molecule has 2 aromatic carbocycles. The van der Waals surface area contributed by atoms with Crippen LogP contribution in [0.1, 0.15) is 28.9 Å². The van der Waals surface area contributed by atoms with E-state index in [0.29, 0.717) is 11.3 Å². The quantitative estimate of drug-likeness (QED) is 0.549. The third-order valence-electron chi connectivity index (χ3n) is 3.87. The Morgan fingerprint density at radius 3 is 2.25 bits per heavy atom. The molecule has 148 valence electrons. The molecule has 0 aromatic heterocycles. The molecule has 2 aromatic rings. The maximum Gasteiger partial charge on any atom is 0.331 e. The van der Waals surface area contributed by atoms with E-state index in [1.165, 1.54) is 38.3 Å². The van der Waals surface area contributed by atoms with Gasteiger partial charge in [0.25, 0.3) is 5.91 Å². The van der Waals surface area contributed by atoms with Crippen LogP contribution in [0.5, 0.6) is 11.5 Å². The SMILES string of the molecule is COC(=O)C(NC(=O)c1cccc(OC(C)=O)c1)C(O)c1ccc(OC)cc1. The van der Waals surface area contributed by atoms with Gasteiger partial charge < -0.3 is 24.6 Å². The molecule has 0 aliphatic heterocycles. The number of esters is 2. The number of nitrogens with one attached hydrogen (secondary N) is 1. The van der Waals surface area contributed by atoms with Gasteiger partial charge in [0.1, 0.15) is 17.6 Å². The van der Waals surface area contributed by atoms with Gasteiger partial charge in [0.15, 0.2) is 6.04 Å². The van der Waals surface area contributed by atoms with E-state index >= 15 is 0 Å². The number of ether oxygens (including phenoxy) is 3. The van der Waals surface area contributed by atoms with Gasteiger partial charge in [-0.3, -0.25) is 9.59 Å². The zero-order valence-corrected chi connectivity index (χ0v) is 15.7. The third kappa shape index (κ3) is 5.31. The molecule has 0 saturated heterocycles. The first-order valence-electron chi connectivity index (χ1n) is 8.35. The number of hydrogen-bond donors (Lipinski definition) is 2. The first kappa shape index (κ1) is 20.9. The van der Waals surface area contributed by atoms with Crippen LogP contribution in [0, 0.1) is 0 Å².